The summed E-state index contributed by atoms with van der Waals surface area (Å²) in [5.74, 6) is -0.157. The van der Waals surface area contributed by atoms with Crippen LogP contribution in [0.15, 0.2) is 24.4 Å². The Morgan fingerprint density at radius 3 is 2.85 bits per heavy atom. The molecular formula is C15H19F2N3. The first-order valence-electron chi connectivity index (χ1n) is 6.81. The summed E-state index contributed by atoms with van der Waals surface area (Å²) in [5.41, 5.74) is 1.20. The van der Waals surface area contributed by atoms with Crippen molar-refractivity contribution in [3.63, 3.8) is 0 Å². The van der Waals surface area contributed by atoms with Gasteiger partial charge in [0.2, 0.25) is 5.95 Å². The Morgan fingerprint density at radius 2 is 2.10 bits per heavy atom. The number of nitrogens with one attached hydrogen (secondary N) is 1. The van der Waals surface area contributed by atoms with E-state index in [2.05, 4.69) is 17.2 Å². The highest BCUT2D eigenvalue weighted by molar-refractivity contribution is 5.31. The molecule has 20 heavy (non-hydrogen) atoms. The molecule has 1 aromatic carbocycles. The van der Waals surface area contributed by atoms with Crippen LogP contribution in [0.25, 0.3) is 0 Å². The first kappa shape index (κ1) is 14.5. The van der Waals surface area contributed by atoms with Crippen molar-refractivity contribution in [3.8, 4) is 0 Å². The lowest BCUT2D eigenvalue weighted by molar-refractivity contribution is 0.586. The number of rotatable bonds is 6. The second-order valence-corrected chi connectivity index (χ2v) is 4.84. The van der Waals surface area contributed by atoms with E-state index in [1.165, 1.54) is 6.07 Å². The second-order valence-electron chi connectivity index (χ2n) is 4.84. The monoisotopic (exact) mass is 279 g/mol. The van der Waals surface area contributed by atoms with Gasteiger partial charge in [0.1, 0.15) is 11.6 Å². The number of aryl methyl sites for hydroxylation is 2. The SMILES string of the molecule is CCCCn1cc(C)nc1NCc1cc(F)ccc1F. The summed E-state index contributed by atoms with van der Waals surface area (Å²) in [7, 11) is 0. The van der Waals surface area contributed by atoms with Crippen molar-refractivity contribution in [2.24, 2.45) is 0 Å². The summed E-state index contributed by atoms with van der Waals surface area (Å²) in [6, 6.07) is 3.46. The summed E-state index contributed by atoms with van der Waals surface area (Å²) >= 11 is 0. The van der Waals surface area contributed by atoms with Gasteiger partial charge in [0.05, 0.1) is 5.69 Å². The second kappa shape index (κ2) is 6.50. The average Bonchev–Trinajstić information content (AvgIpc) is 2.77. The van der Waals surface area contributed by atoms with E-state index in [0.29, 0.717) is 11.5 Å². The first-order valence-corrected chi connectivity index (χ1v) is 6.81. The van der Waals surface area contributed by atoms with E-state index in [1.54, 1.807) is 0 Å². The van der Waals surface area contributed by atoms with Crippen LogP contribution in [0.1, 0.15) is 31.0 Å². The zero-order valence-electron chi connectivity index (χ0n) is 11.8. The summed E-state index contributed by atoms with van der Waals surface area (Å²) in [4.78, 5) is 4.37. The van der Waals surface area contributed by atoms with E-state index in [9.17, 15) is 8.78 Å². The fourth-order valence-electron chi connectivity index (χ4n) is 2.04. The highest BCUT2D eigenvalue weighted by atomic mass is 19.1. The molecule has 0 saturated carbocycles. The van der Waals surface area contributed by atoms with Gasteiger partial charge in [0.15, 0.2) is 0 Å². The maximum absolute atomic E-state index is 13.5. The Morgan fingerprint density at radius 1 is 1.30 bits per heavy atom. The van der Waals surface area contributed by atoms with Crippen LogP contribution in [0, 0.1) is 18.6 Å². The smallest absolute Gasteiger partial charge is 0.203 e. The van der Waals surface area contributed by atoms with Gasteiger partial charge >= 0.3 is 0 Å². The normalized spacial score (nSPS) is 10.8. The van der Waals surface area contributed by atoms with E-state index in [1.807, 2.05) is 17.7 Å². The van der Waals surface area contributed by atoms with Crippen LogP contribution in [-0.4, -0.2) is 9.55 Å². The largest absolute Gasteiger partial charge is 0.351 e. The lowest BCUT2D eigenvalue weighted by atomic mass is 10.2. The molecule has 1 heterocycles. The predicted molar refractivity (Wildman–Crippen MR) is 75.6 cm³/mol. The molecule has 0 bridgehead atoms. The van der Waals surface area contributed by atoms with Crippen LogP contribution in [0.3, 0.4) is 0 Å². The van der Waals surface area contributed by atoms with E-state index in [-0.39, 0.29) is 6.54 Å². The van der Waals surface area contributed by atoms with Crippen LogP contribution in [0.4, 0.5) is 14.7 Å². The number of unbranched alkanes of at least 4 members (excludes halogenated alkanes) is 1. The molecule has 0 radical (unpaired) electrons. The van der Waals surface area contributed by atoms with Gasteiger partial charge in [-0.1, -0.05) is 13.3 Å². The van der Waals surface area contributed by atoms with Gasteiger partial charge in [-0.15, -0.1) is 0 Å². The Kier molecular flexibility index (Phi) is 4.71. The summed E-state index contributed by atoms with van der Waals surface area (Å²) in [5, 5.41) is 3.07. The molecule has 0 aliphatic carbocycles. The molecule has 0 aliphatic heterocycles. The van der Waals surface area contributed by atoms with Crippen LogP contribution < -0.4 is 5.32 Å². The third kappa shape index (κ3) is 3.56. The van der Waals surface area contributed by atoms with E-state index >= 15 is 0 Å². The van der Waals surface area contributed by atoms with Gasteiger partial charge in [-0.05, 0) is 31.5 Å². The number of hydrogen-bond donors (Lipinski definition) is 1. The molecule has 0 spiro atoms. The van der Waals surface area contributed by atoms with Crippen molar-refractivity contribution in [2.75, 3.05) is 5.32 Å². The molecule has 3 nitrogen and oxygen atoms in total. The Labute approximate surface area is 117 Å². The van der Waals surface area contributed by atoms with Crippen molar-refractivity contribution in [1.29, 1.82) is 0 Å². The highest BCUT2D eigenvalue weighted by Gasteiger charge is 2.08. The Bertz CT molecular complexity index is 578. The number of hydrogen-bond acceptors (Lipinski definition) is 2. The molecule has 0 saturated heterocycles. The summed E-state index contributed by atoms with van der Waals surface area (Å²) < 4.78 is 28.7. The van der Waals surface area contributed by atoms with E-state index in [4.69, 9.17) is 0 Å². The van der Waals surface area contributed by atoms with Crippen molar-refractivity contribution < 1.29 is 8.78 Å². The molecule has 108 valence electrons. The van der Waals surface area contributed by atoms with E-state index < -0.39 is 11.6 Å². The summed E-state index contributed by atoms with van der Waals surface area (Å²) in [6.07, 6.45) is 4.11. The molecule has 1 N–H and O–H groups in total. The summed E-state index contributed by atoms with van der Waals surface area (Å²) in [6.45, 7) is 5.12. The number of benzene rings is 1. The highest BCUT2D eigenvalue weighted by Crippen LogP contribution is 2.14. The van der Waals surface area contributed by atoms with Gasteiger partial charge in [-0.25, -0.2) is 13.8 Å². The zero-order chi connectivity index (χ0) is 14.5. The topological polar surface area (TPSA) is 29.9 Å². The standard InChI is InChI=1S/C15H19F2N3/c1-3-4-7-20-10-11(2)19-15(20)18-9-12-8-13(16)5-6-14(12)17/h5-6,8,10H,3-4,7,9H2,1-2H3,(H,18,19). The van der Waals surface area contributed by atoms with Gasteiger partial charge in [-0.3, -0.25) is 0 Å². The molecule has 0 unspecified atom stereocenters. The lowest BCUT2D eigenvalue weighted by Crippen LogP contribution is -2.08. The molecule has 2 rings (SSSR count). The van der Waals surface area contributed by atoms with Gasteiger partial charge in [-0.2, -0.15) is 0 Å². The average molecular weight is 279 g/mol. The molecular weight excluding hydrogens is 260 g/mol. The van der Waals surface area contributed by atoms with E-state index in [0.717, 1.165) is 37.2 Å². The third-order valence-electron chi connectivity index (χ3n) is 3.09. The van der Waals surface area contributed by atoms with Gasteiger partial charge in [0.25, 0.3) is 0 Å². The molecule has 2 aromatic rings. The van der Waals surface area contributed by atoms with Gasteiger partial charge in [0, 0.05) is 24.8 Å². The first-order chi connectivity index (χ1) is 9.60. The molecule has 0 fully saturated rings. The Hall–Kier alpha value is -1.91. The molecule has 0 atom stereocenters. The number of imidazole rings is 1. The number of anilines is 1. The zero-order valence-corrected chi connectivity index (χ0v) is 11.8. The quantitative estimate of drug-likeness (QED) is 0.869. The fraction of sp³-hybridized carbons (Fsp3) is 0.400. The number of nitrogens with zero attached hydrogens (tertiary/aromatic N) is 2. The molecule has 1 aromatic heterocycles. The molecule has 5 heteroatoms. The Balaban J connectivity index is 2.08. The predicted octanol–water partition coefficient (Wildman–Crippen LogP) is 3.88. The van der Waals surface area contributed by atoms with Crippen molar-refractivity contribution in [3.05, 3.63) is 47.3 Å². The maximum atomic E-state index is 13.5. The fourth-order valence-corrected chi connectivity index (χ4v) is 2.04. The van der Waals surface area contributed by atoms with Gasteiger partial charge < -0.3 is 9.88 Å². The minimum atomic E-state index is -0.436. The minimum Gasteiger partial charge on any atom is -0.351 e. The third-order valence-corrected chi connectivity index (χ3v) is 3.09. The maximum Gasteiger partial charge on any atom is 0.203 e. The number of halogens is 2. The number of aromatic nitrogens is 2. The van der Waals surface area contributed by atoms with Crippen LogP contribution >= 0.6 is 0 Å². The van der Waals surface area contributed by atoms with Crippen molar-refractivity contribution in [2.45, 2.75) is 39.8 Å². The van der Waals surface area contributed by atoms with Crippen LogP contribution in [-0.2, 0) is 13.1 Å². The molecule has 0 aliphatic rings. The molecule has 0 amide bonds. The van der Waals surface area contributed by atoms with Crippen molar-refractivity contribution in [1.82, 2.24) is 9.55 Å². The van der Waals surface area contributed by atoms with Crippen molar-refractivity contribution >= 4 is 5.95 Å². The lowest BCUT2D eigenvalue weighted by Gasteiger charge is -2.10. The van der Waals surface area contributed by atoms with Crippen LogP contribution in [0.2, 0.25) is 0 Å². The minimum absolute atomic E-state index is 0.214. The van der Waals surface area contributed by atoms with Crippen LogP contribution in [0.5, 0.6) is 0 Å².